The summed E-state index contributed by atoms with van der Waals surface area (Å²) in [6.07, 6.45) is 1.08. The Bertz CT molecular complexity index is 642. The molecule has 2 N–H and O–H groups in total. The smallest absolute Gasteiger partial charge is 0.119 e. The van der Waals surface area contributed by atoms with Crippen LogP contribution in [0.3, 0.4) is 0 Å². The Morgan fingerprint density at radius 1 is 1.25 bits per heavy atom. The number of rotatable bonds is 3. The van der Waals surface area contributed by atoms with Gasteiger partial charge in [-0.25, -0.2) is 0 Å². The van der Waals surface area contributed by atoms with Crippen LogP contribution >= 0.6 is 15.9 Å². The van der Waals surface area contributed by atoms with Crippen LogP contribution in [-0.4, -0.2) is 13.7 Å². The molecule has 0 saturated carbocycles. The highest BCUT2D eigenvalue weighted by atomic mass is 79.9. The summed E-state index contributed by atoms with van der Waals surface area (Å²) in [4.78, 5) is 2.37. The van der Waals surface area contributed by atoms with Crippen molar-refractivity contribution in [3.8, 4) is 5.75 Å². The van der Waals surface area contributed by atoms with Gasteiger partial charge in [0.05, 0.1) is 7.11 Å². The third-order valence-corrected chi connectivity index (χ3v) is 4.49. The number of halogens is 1. The van der Waals surface area contributed by atoms with Gasteiger partial charge in [0.1, 0.15) is 5.75 Å². The van der Waals surface area contributed by atoms with E-state index in [-0.39, 0.29) is 0 Å². The highest BCUT2D eigenvalue weighted by Crippen LogP contribution is 2.33. The van der Waals surface area contributed by atoms with Crippen molar-refractivity contribution in [2.45, 2.75) is 13.0 Å². The van der Waals surface area contributed by atoms with Gasteiger partial charge in [-0.15, -0.1) is 0 Å². The van der Waals surface area contributed by atoms with Crippen LogP contribution in [0.2, 0.25) is 0 Å². The van der Waals surface area contributed by atoms with E-state index in [1.54, 1.807) is 7.11 Å². The lowest BCUT2D eigenvalue weighted by Gasteiger charge is -2.21. The predicted molar refractivity (Wildman–Crippen MR) is 86.3 cm³/mol. The molecule has 2 aromatic carbocycles. The Kier molecular flexibility index (Phi) is 3.57. The number of hydrogen-bond acceptors (Lipinski definition) is 3. The molecule has 0 spiro atoms. The number of nitrogen functional groups attached to an aromatic ring is 1. The number of benzene rings is 2. The van der Waals surface area contributed by atoms with Gasteiger partial charge in [0.25, 0.3) is 0 Å². The van der Waals surface area contributed by atoms with Crippen LogP contribution in [0.5, 0.6) is 5.75 Å². The molecule has 0 amide bonds. The third kappa shape index (κ3) is 2.48. The molecule has 0 unspecified atom stereocenters. The third-order valence-electron chi connectivity index (χ3n) is 3.72. The summed E-state index contributed by atoms with van der Waals surface area (Å²) >= 11 is 3.61. The van der Waals surface area contributed by atoms with Gasteiger partial charge in [0.2, 0.25) is 0 Å². The van der Waals surface area contributed by atoms with Crippen LogP contribution < -0.4 is 15.4 Å². The largest absolute Gasteiger partial charge is 0.497 e. The van der Waals surface area contributed by atoms with E-state index >= 15 is 0 Å². The van der Waals surface area contributed by atoms with E-state index in [1.807, 2.05) is 18.2 Å². The van der Waals surface area contributed by atoms with Crippen molar-refractivity contribution in [2.24, 2.45) is 0 Å². The molecule has 1 aliphatic rings. The average Bonchev–Trinajstić information content (AvgIpc) is 2.84. The van der Waals surface area contributed by atoms with Gasteiger partial charge in [-0.2, -0.15) is 0 Å². The Morgan fingerprint density at radius 2 is 2.10 bits per heavy atom. The van der Waals surface area contributed by atoms with Crippen molar-refractivity contribution in [1.82, 2.24) is 0 Å². The fraction of sp³-hybridized carbons (Fsp3) is 0.250. The predicted octanol–water partition coefficient (Wildman–Crippen LogP) is 3.60. The Morgan fingerprint density at radius 3 is 2.90 bits per heavy atom. The zero-order valence-corrected chi connectivity index (χ0v) is 13.0. The topological polar surface area (TPSA) is 38.5 Å². The van der Waals surface area contributed by atoms with Crippen LogP contribution in [0, 0.1) is 0 Å². The molecule has 20 heavy (non-hydrogen) atoms. The molecular formula is C16H17BrN2O. The maximum Gasteiger partial charge on any atom is 0.119 e. The quantitative estimate of drug-likeness (QED) is 0.872. The molecule has 0 aromatic heterocycles. The van der Waals surface area contributed by atoms with Crippen LogP contribution in [-0.2, 0) is 13.0 Å². The molecule has 0 atom stereocenters. The summed E-state index contributed by atoms with van der Waals surface area (Å²) in [7, 11) is 1.69. The highest BCUT2D eigenvalue weighted by Gasteiger charge is 2.20. The summed E-state index contributed by atoms with van der Waals surface area (Å²) in [5.41, 5.74) is 10.6. The van der Waals surface area contributed by atoms with Crippen molar-refractivity contribution in [3.05, 3.63) is 52.0 Å². The van der Waals surface area contributed by atoms with E-state index in [2.05, 4.69) is 39.0 Å². The van der Waals surface area contributed by atoms with Crippen molar-refractivity contribution in [3.63, 3.8) is 0 Å². The molecule has 1 aliphatic heterocycles. The molecule has 0 bridgehead atoms. The van der Waals surface area contributed by atoms with Crippen LogP contribution in [0.4, 0.5) is 11.4 Å². The molecule has 0 fully saturated rings. The van der Waals surface area contributed by atoms with E-state index in [0.717, 1.165) is 35.4 Å². The van der Waals surface area contributed by atoms with E-state index in [0.29, 0.717) is 0 Å². The van der Waals surface area contributed by atoms with E-state index < -0.39 is 0 Å². The fourth-order valence-electron chi connectivity index (χ4n) is 2.63. The highest BCUT2D eigenvalue weighted by molar-refractivity contribution is 9.10. The summed E-state index contributed by atoms with van der Waals surface area (Å²) in [6.45, 7) is 1.89. The Hall–Kier alpha value is -1.68. The van der Waals surface area contributed by atoms with Gasteiger partial charge in [0.15, 0.2) is 0 Å². The second-order valence-electron chi connectivity index (χ2n) is 5.02. The summed E-state index contributed by atoms with van der Waals surface area (Å²) in [6, 6.07) is 12.2. The lowest BCUT2D eigenvalue weighted by Crippen LogP contribution is -2.20. The number of anilines is 2. The summed E-state index contributed by atoms with van der Waals surface area (Å²) < 4.78 is 6.41. The van der Waals surface area contributed by atoms with Crippen LogP contribution in [0.1, 0.15) is 11.1 Å². The fourth-order valence-corrected chi connectivity index (χ4v) is 3.00. The van der Waals surface area contributed by atoms with E-state index in [9.17, 15) is 0 Å². The molecule has 3 rings (SSSR count). The molecular weight excluding hydrogens is 316 g/mol. The minimum Gasteiger partial charge on any atom is -0.497 e. The van der Waals surface area contributed by atoms with Gasteiger partial charge < -0.3 is 15.4 Å². The molecule has 0 radical (unpaired) electrons. The monoisotopic (exact) mass is 332 g/mol. The minimum absolute atomic E-state index is 0.820. The maximum absolute atomic E-state index is 5.91. The number of nitrogens with two attached hydrogens (primary N) is 1. The summed E-state index contributed by atoms with van der Waals surface area (Å²) in [5, 5.41) is 0. The second-order valence-corrected chi connectivity index (χ2v) is 5.87. The van der Waals surface area contributed by atoms with Crippen molar-refractivity contribution >= 4 is 27.3 Å². The lowest BCUT2D eigenvalue weighted by atomic mass is 10.1. The van der Waals surface area contributed by atoms with E-state index in [1.165, 1.54) is 16.8 Å². The normalized spacial score (nSPS) is 13.4. The first-order valence-electron chi connectivity index (χ1n) is 6.63. The molecule has 2 aromatic rings. The van der Waals surface area contributed by atoms with E-state index in [4.69, 9.17) is 10.5 Å². The van der Waals surface area contributed by atoms with Gasteiger partial charge >= 0.3 is 0 Å². The number of hydrogen-bond donors (Lipinski definition) is 1. The summed E-state index contributed by atoms with van der Waals surface area (Å²) in [5.74, 6) is 0.884. The Labute approximate surface area is 127 Å². The van der Waals surface area contributed by atoms with Gasteiger partial charge in [-0.1, -0.05) is 22.0 Å². The number of methoxy groups -OCH3 is 1. The van der Waals surface area contributed by atoms with Crippen molar-refractivity contribution in [2.75, 3.05) is 24.3 Å². The molecule has 0 aliphatic carbocycles. The first-order valence-corrected chi connectivity index (χ1v) is 7.42. The zero-order chi connectivity index (χ0) is 14.1. The molecule has 104 valence electrons. The molecule has 1 heterocycles. The first-order chi connectivity index (χ1) is 9.67. The van der Waals surface area contributed by atoms with Gasteiger partial charge in [-0.05, 0) is 47.9 Å². The Balaban J connectivity index is 1.89. The maximum atomic E-state index is 5.91. The lowest BCUT2D eigenvalue weighted by molar-refractivity contribution is 0.414. The SMILES string of the molecule is COc1ccc(Br)c(CN2CCc3ccc(N)cc32)c1. The van der Waals surface area contributed by atoms with Crippen molar-refractivity contribution in [1.29, 1.82) is 0 Å². The number of nitrogens with zero attached hydrogens (tertiary/aromatic N) is 1. The number of ether oxygens (including phenoxy) is 1. The van der Waals surface area contributed by atoms with Crippen molar-refractivity contribution < 1.29 is 4.74 Å². The van der Waals surface area contributed by atoms with Crippen LogP contribution in [0.15, 0.2) is 40.9 Å². The average molecular weight is 333 g/mol. The van der Waals surface area contributed by atoms with Gasteiger partial charge in [0, 0.05) is 28.9 Å². The molecule has 0 saturated heterocycles. The molecule has 3 nitrogen and oxygen atoms in total. The standard InChI is InChI=1S/C16H17BrN2O/c1-20-14-4-5-15(17)12(8-14)10-19-7-6-11-2-3-13(18)9-16(11)19/h2-5,8-9H,6-7,10,18H2,1H3. The zero-order valence-electron chi connectivity index (χ0n) is 11.4. The minimum atomic E-state index is 0.820. The first kappa shape index (κ1) is 13.3. The van der Waals surface area contributed by atoms with Gasteiger partial charge in [-0.3, -0.25) is 0 Å². The van der Waals surface area contributed by atoms with Crippen LogP contribution in [0.25, 0.3) is 0 Å². The molecule has 4 heteroatoms. The number of fused-ring (bicyclic) bond motifs is 1. The second kappa shape index (κ2) is 5.37.